The highest BCUT2D eigenvalue weighted by Crippen LogP contribution is 2.49. The first-order valence-corrected chi connectivity index (χ1v) is 6.70. The Morgan fingerprint density at radius 2 is 2.07 bits per heavy atom. The van der Waals surface area contributed by atoms with Gasteiger partial charge in [0.15, 0.2) is 0 Å². The number of fused-ring (bicyclic) bond motifs is 1. The molecule has 2 fully saturated rings. The Kier molecular flexibility index (Phi) is 3.18. The van der Waals surface area contributed by atoms with Crippen LogP contribution in [0.3, 0.4) is 0 Å². The molecule has 2 rings (SSSR count). The van der Waals surface area contributed by atoms with E-state index in [1.54, 1.807) is 0 Å². The van der Waals surface area contributed by atoms with Crippen LogP contribution in [0.5, 0.6) is 0 Å². The van der Waals surface area contributed by atoms with Gasteiger partial charge in [-0.15, -0.1) is 0 Å². The third-order valence-corrected chi connectivity index (χ3v) is 4.96. The molecule has 0 aromatic rings. The van der Waals surface area contributed by atoms with E-state index in [4.69, 9.17) is 0 Å². The highest BCUT2D eigenvalue weighted by atomic mass is 16.1. The summed E-state index contributed by atoms with van der Waals surface area (Å²) in [5, 5.41) is 0. The van der Waals surface area contributed by atoms with E-state index in [1.165, 1.54) is 38.5 Å². The van der Waals surface area contributed by atoms with E-state index in [1.807, 2.05) is 0 Å². The molecule has 1 nitrogen and oxygen atoms in total. The van der Waals surface area contributed by atoms with E-state index in [-0.39, 0.29) is 5.41 Å². The standard InChI is InChI=1S/C14H24O/c1-3-11-8-9-12-6-4-5-7-13(15)14(12,2)10-11/h11-12H,3-10H2,1-2H3. The van der Waals surface area contributed by atoms with Crippen molar-refractivity contribution in [3.63, 3.8) is 0 Å². The average molecular weight is 208 g/mol. The lowest BCUT2D eigenvalue weighted by molar-refractivity contribution is -0.133. The van der Waals surface area contributed by atoms with Gasteiger partial charge in [-0.3, -0.25) is 4.79 Å². The van der Waals surface area contributed by atoms with E-state index >= 15 is 0 Å². The van der Waals surface area contributed by atoms with Crippen LogP contribution in [0.15, 0.2) is 0 Å². The summed E-state index contributed by atoms with van der Waals surface area (Å²) in [5.74, 6) is 2.09. The molecular weight excluding hydrogens is 184 g/mol. The molecule has 0 heterocycles. The van der Waals surface area contributed by atoms with Gasteiger partial charge in [0.05, 0.1) is 0 Å². The predicted molar refractivity (Wildman–Crippen MR) is 62.7 cm³/mol. The van der Waals surface area contributed by atoms with Crippen molar-refractivity contribution < 1.29 is 4.79 Å². The Bertz CT molecular complexity index is 246. The summed E-state index contributed by atoms with van der Waals surface area (Å²) in [4.78, 5) is 12.2. The zero-order valence-corrected chi connectivity index (χ0v) is 10.2. The molecule has 1 heteroatoms. The first kappa shape index (κ1) is 11.2. The molecule has 0 saturated heterocycles. The fraction of sp³-hybridized carbons (Fsp3) is 0.929. The maximum Gasteiger partial charge on any atom is 0.139 e. The molecule has 2 aliphatic rings. The minimum absolute atomic E-state index is 0.0510. The van der Waals surface area contributed by atoms with Crippen LogP contribution in [0.1, 0.15) is 65.2 Å². The molecule has 15 heavy (non-hydrogen) atoms. The van der Waals surface area contributed by atoms with Crippen molar-refractivity contribution in [2.24, 2.45) is 17.3 Å². The smallest absolute Gasteiger partial charge is 0.139 e. The number of hydrogen-bond acceptors (Lipinski definition) is 1. The van der Waals surface area contributed by atoms with Crippen molar-refractivity contribution in [2.45, 2.75) is 65.2 Å². The summed E-state index contributed by atoms with van der Waals surface area (Å²) >= 11 is 0. The Labute approximate surface area is 93.6 Å². The molecule has 3 unspecified atom stereocenters. The lowest BCUT2D eigenvalue weighted by Gasteiger charge is -2.42. The second-order valence-corrected chi connectivity index (χ2v) is 5.84. The van der Waals surface area contributed by atoms with E-state index < -0.39 is 0 Å². The van der Waals surface area contributed by atoms with Crippen molar-refractivity contribution in [1.82, 2.24) is 0 Å². The Balaban J connectivity index is 2.18. The van der Waals surface area contributed by atoms with Gasteiger partial charge in [-0.1, -0.05) is 33.1 Å². The number of rotatable bonds is 1. The van der Waals surface area contributed by atoms with Crippen molar-refractivity contribution in [1.29, 1.82) is 0 Å². The van der Waals surface area contributed by atoms with Crippen LogP contribution in [0.2, 0.25) is 0 Å². The number of Topliss-reactive ketones (excluding diaryl/α,β-unsaturated/α-hetero) is 1. The van der Waals surface area contributed by atoms with Crippen LogP contribution in [0.4, 0.5) is 0 Å². The quantitative estimate of drug-likeness (QED) is 0.637. The van der Waals surface area contributed by atoms with Gasteiger partial charge >= 0.3 is 0 Å². The Morgan fingerprint density at radius 1 is 1.27 bits per heavy atom. The van der Waals surface area contributed by atoms with Gasteiger partial charge in [-0.2, -0.15) is 0 Å². The van der Waals surface area contributed by atoms with Crippen molar-refractivity contribution >= 4 is 5.78 Å². The van der Waals surface area contributed by atoms with Crippen LogP contribution in [0, 0.1) is 17.3 Å². The molecule has 0 aliphatic heterocycles. The molecule has 2 aliphatic carbocycles. The largest absolute Gasteiger partial charge is 0.299 e. The highest BCUT2D eigenvalue weighted by Gasteiger charge is 2.45. The molecule has 0 amide bonds. The van der Waals surface area contributed by atoms with Crippen molar-refractivity contribution in [3.8, 4) is 0 Å². The summed E-state index contributed by atoms with van der Waals surface area (Å²) in [7, 11) is 0. The minimum atomic E-state index is 0.0510. The Morgan fingerprint density at radius 3 is 2.80 bits per heavy atom. The summed E-state index contributed by atoms with van der Waals surface area (Å²) in [6, 6.07) is 0. The minimum Gasteiger partial charge on any atom is -0.299 e. The van der Waals surface area contributed by atoms with Crippen LogP contribution >= 0.6 is 0 Å². The second-order valence-electron chi connectivity index (χ2n) is 5.84. The molecule has 3 atom stereocenters. The van der Waals surface area contributed by atoms with Gasteiger partial charge in [-0.05, 0) is 37.5 Å². The normalized spacial score (nSPS) is 42.1. The number of hydrogen-bond donors (Lipinski definition) is 0. The summed E-state index contributed by atoms with van der Waals surface area (Å²) in [5.41, 5.74) is 0.0510. The zero-order valence-electron chi connectivity index (χ0n) is 10.2. The van der Waals surface area contributed by atoms with Gasteiger partial charge in [0.25, 0.3) is 0 Å². The number of carbonyl (C=O) groups is 1. The third-order valence-electron chi connectivity index (χ3n) is 4.96. The lowest BCUT2D eigenvalue weighted by Crippen LogP contribution is -2.40. The SMILES string of the molecule is CCC1CCC2CCCCC(=O)C2(C)C1. The average Bonchev–Trinajstić information content (AvgIpc) is 2.38. The van der Waals surface area contributed by atoms with E-state index in [0.717, 1.165) is 18.8 Å². The lowest BCUT2D eigenvalue weighted by atomic mass is 9.61. The topological polar surface area (TPSA) is 17.1 Å². The maximum absolute atomic E-state index is 12.2. The molecule has 86 valence electrons. The van der Waals surface area contributed by atoms with Crippen LogP contribution in [0.25, 0.3) is 0 Å². The molecule has 0 aromatic heterocycles. The third kappa shape index (κ3) is 1.98. The number of carbonyl (C=O) groups excluding carboxylic acids is 1. The van der Waals surface area contributed by atoms with Crippen LogP contribution in [-0.2, 0) is 4.79 Å². The highest BCUT2D eigenvalue weighted by molar-refractivity contribution is 5.85. The molecule has 0 radical (unpaired) electrons. The zero-order chi connectivity index (χ0) is 10.9. The van der Waals surface area contributed by atoms with Gasteiger partial charge in [0.1, 0.15) is 5.78 Å². The van der Waals surface area contributed by atoms with Gasteiger partial charge < -0.3 is 0 Å². The Hall–Kier alpha value is -0.330. The van der Waals surface area contributed by atoms with Crippen molar-refractivity contribution in [3.05, 3.63) is 0 Å². The van der Waals surface area contributed by atoms with E-state index in [0.29, 0.717) is 11.7 Å². The number of ketones is 1. The van der Waals surface area contributed by atoms with Gasteiger partial charge in [-0.25, -0.2) is 0 Å². The monoisotopic (exact) mass is 208 g/mol. The van der Waals surface area contributed by atoms with E-state index in [9.17, 15) is 4.79 Å². The summed E-state index contributed by atoms with van der Waals surface area (Å²) < 4.78 is 0. The molecule has 0 aromatic carbocycles. The molecule has 0 N–H and O–H groups in total. The first-order chi connectivity index (χ1) is 7.16. The maximum atomic E-state index is 12.2. The fourth-order valence-electron chi connectivity index (χ4n) is 3.74. The molecular formula is C14H24O. The summed E-state index contributed by atoms with van der Waals surface area (Å²) in [6.45, 7) is 4.53. The van der Waals surface area contributed by atoms with E-state index in [2.05, 4.69) is 13.8 Å². The molecule has 0 bridgehead atoms. The molecule has 2 saturated carbocycles. The predicted octanol–water partition coefficient (Wildman–Crippen LogP) is 3.96. The second kappa shape index (κ2) is 4.27. The van der Waals surface area contributed by atoms with Crippen LogP contribution in [-0.4, -0.2) is 5.78 Å². The fourth-order valence-corrected chi connectivity index (χ4v) is 3.74. The summed E-state index contributed by atoms with van der Waals surface area (Å²) in [6.07, 6.45) is 9.68. The first-order valence-electron chi connectivity index (χ1n) is 6.70. The van der Waals surface area contributed by atoms with Crippen LogP contribution < -0.4 is 0 Å². The van der Waals surface area contributed by atoms with Gasteiger partial charge in [0.2, 0.25) is 0 Å². The molecule has 0 spiro atoms. The van der Waals surface area contributed by atoms with Crippen molar-refractivity contribution in [2.75, 3.05) is 0 Å². The van der Waals surface area contributed by atoms with Gasteiger partial charge in [0, 0.05) is 11.8 Å².